The number of carbonyl (C=O) groups is 1. The third-order valence-corrected chi connectivity index (χ3v) is 8.35. The molecule has 224 valence electrons. The van der Waals surface area contributed by atoms with Crippen LogP contribution in [0.4, 0.5) is 30.4 Å². The Morgan fingerprint density at radius 2 is 1.79 bits per heavy atom. The van der Waals surface area contributed by atoms with Crippen molar-refractivity contribution in [1.82, 2.24) is 9.88 Å². The van der Waals surface area contributed by atoms with Gasteiger partial charge in [-0.15, -0.1) is 0 Å². The Hall–Kier alpha value is -3.64. The standard InChI is InChI=1S/C29H31ClF3N5O4/c1-35(22-6-10-26(38(40)41)24(17-22)29(31,32)33)21-4-7-23(8-5-21)42-18-28(39)37-14-12-36(13-15-37)27-11-2-19-16-20(30)3-9-25(19)34-27/h2-3,6,9-11,16-17,21,23H,4-5,7-8,12-15,18H2,1H3. The van der Waals surface area contributed by atoms with Crippen molar-refractivity contribution in [3.63, 3.8) is 0 Å². The number of nitro benzene ring substituents is 1. The maximum atomic E-state index is 13.4. The molecule has 2 fully saturated rings. The van der Waals surface area contributed by atoms with Crippen LogP contribution in [0.1, 0.15) is 31.2 Å². The van der Waals surface area contributed by atoms with Crippen LogP contribution in [0.5, 0.6) is 0 Å². The van der Waals surface area contributed by atoms with E-state index in [0.717, 1.165) is 28.9 Å². The smallest absolute Gasteiger partial charge is 0.372 e. The van der Waals surface area contributed by atoms with Crippen molar-refractivity contribution < 1.29 is 27.6 Å². The predicted octanol–water partition coefficient (Wildman–Crippen LogP) is 5.93. The molecule has 1 saturated carbocycles. The molecule has 3 aromatic rings. The summed E-state index contributed by atoms with van der Waals surface area (Å²) in [5, 5.41) is 12.7. The molecule has 42 heavy (non-hydrogen) atoms. The number of ether oxygens (including phenoxy) is 1. The maximum absolute atomic E-state index is 13.4. The quantitative estimate of drug-likeness (QED) is 0.244. The monoisotopic (exact) mass is 605 g/mol. The van der Waals surface area contributed by atoms with E-state index in [4.69, 9.17) is 21.3 Å². The van der Waals surface area contributed by atoms with Crippen LogP contribution in [-0.2, 0) is 15.7 Å². The first-order chi connectivity index (χ1) is 20.0. The number of benzene rings is 2. The third kappa shape index (κ3) is 6.70. The molecular weight excluding hydrogens is 575 g/mol. The summed E-state index contributed by atoms with van der Waals surface area (Å²) in [6.07, 6.45) is -2.29. The SMILES string of the molecule is CN(c1ccc([N+](=O)[O-])c(C(F)(F)F)c1)C1CCC(OCC(=O)N2CCN(c3ccc4cc(Cl)ccc4n3)CC2)CC1. The summed E-state index contributed by atoms with van der Waals surface area (Å²) in [6, 6.07) is 12.6. The maximum Gasteiger partial charge on any atom is 0.423 e. The van der Waals surface area contributed by atoms with Gasteiger partial charge in [-0.25, -0.2) is 4.98 Å². The van der Waals surface area contributed by atoms with Gasteiger partial charge in [-0.05, 0) is 68.1 Å². The summed E-state index contributed by atoms with van der Waals surface area (Å²) in [5.41, 5.74) is -1.08. The van der Waals surface area contributed by atoms with Gasteiger partial charge < -0.3 is 19.4 Å². The van der Waals surface area contributed by atoms with Gasteiger partial charge in [0.05, 0.1) is 16.5 Å². The topological polar surface area (TPSA) is 92.0 Å². The van der Waals surface area contributed by atoms with Gasteiger partial charge in [-0.3, -0.25) is 14.9 Å². The van der Waals surface area contributed by atoms with E-state index in [9.17, 15) is 28.1 Å². The zero-order valence-electron chi connectivity index (χ0n) is 23.0. The fourth-order valence-corrected chi connectivity index (χ4v) is 5.85. The van der Waals surface area contributed by atoms with Crippen LogP contribution in [0.3, 0.4) is 0 Å². The number of halogens is 4. The first kappa shape index (κ1) is 29.8. The number of piperazine rings is 1. The molecule has 2 aliphatic rings. The molecular formula is C29H31ClF3N5O4. The van der Waals surface area contributed by atoms with E-state index in [1.165, 1.54) is 6.07 Å². The number of carbonyl (C=O) groups excluding carboxylic acids is 1. The van der Waals surface area contributed by atoms with E-state index in [1.807, 2.05) is 30.3 Å². The predicted molar refractivity (Wildman–Crippen MR) is 154 cm³/mol. The lowest BCUT2D eigenvalue weighted by atomic mass is 9.91. The number of nitrogens with zero attached hydrogens (tertiary/aromatic N) is 5. The second-order valence-corrected chi connectivity index (χ2v) is 11.1. The van der Waals surface area contributed by atoms with E-state index in [-0.39, 0.29) is 30.3 Å². The number of pyridine rings is 1. The number of hydrogen-bond donors (Lipinski definition) is 0. The van der Waals surface area contributed by atoms with Crippen LogP contribution in [-0.4, -0.2) is 72.7 Å². The number of aromatic nitrogens is 1. The fourth-order valence-electron chi connectivity index (χ4n) is 5.67. The van der Waals surface area contributed by atoms with Gasteiger partial charge in [0.15, 0.2) is 0 Å². The highest BCUT2D eigenvalue weighted by molar-refractivity contribution is 6.31. The molecule has 2 heterocycles. The molecule has 13 heteroatoms. The molecule has 9 nitrogen and oxygen atoms in total. The molecule has 0 radical (unpaired) electrons. The average Bonchev–Trinajstić information content (AvgIpc) is 2.98. The zero-order chi connectivity index (χ0) is 30.0. The summed E-state index contributed by atoms with van der Waals surface area (Å²) in [7, 11) is 1.69. The lowest BCUT2D eigenvalue weighted by Crippen LogP contribution is -2.50. The molecule has 0 unspecified atom stereocenters. The first-order valence-corrected chi connectivity index (χ1v) is 14.2. The van der Waals surface area contributed by atoms with Gasteiger partial charge in [0, 0.05) is 61.4 Å². The highest BCUT2D eigenvalue weighted by Gasteiger charge is 2.39. The van der Waals surface area contributed by atoms with Gasteiger partial charge >= 0.3 is 6.18 Å². The Morgan fingerprint density at radius 3 is 2.45 bits per heavy atom. The van der Waals surface area contributed by atoms with Crippen LogP contribution in [0, 0.1) is 10.1 Å². The lowest BCUT2D eigenvalue weighted by Gasteiger charge is -2.37. The van der Waals surface area contributed by atoms with Gasteiger partial charge in [0.25, 0.3) is 5.69 Å². The highest BCUT2D eigenvalue weighted by atomic mass is 35.5. The van der Waals surface area contributed by atoms with Crippen molar-refractivity contribution >= 4 is 45.6 Å². The molecule has 0 spiro atoms. The molecule has 1 amide bonds. The van der Waals surface area contributed by atoms with Gasteiger partial charge in [-0.1, -0.05) is 11.6 Å². The van der Waals surface area contributed by atoms with Crippen molar-refractivity contribution in [3.05, 3.63) is 69.2 Å². The first-order valence-electron chi connectivity index (χ1n) is 13.8. The van der Waals surface area contributed by atoms with Gasteiger partial charge in [0.1, 0.15) is 18.0 Å². The van der Waals surface area contributed by atoms with Crippen LogP contribution in [0.15, 0.2) is 48.5 Å². The molecule has 5 rings (SSSR count). The number of fused-ring (bicyclic) bond motifs is 1. The molecule has 1 aromatic heterocycles. The summed E-state index contributed by atoms with van der Waals surface area (Å²) >= 11 is 6.06. The number of nitro groups is 1. The molecule has 2 aromatic carbocycles. The minimum Gasteiger partial charge on any atom is -0.372 e. The molecule has 0 N–H and O–H groups in total. The minimum absolute atomic E-state index is 0.0164. The van der Waals surface area contributed by atoms with Crippen LogP contribution in [0.25, 0.3) is 10.9 Å². The van der Waals surface area contributed by atoms with Crippen molar-refractivity contribution in [2.75, 3.05) is 49.6 Å². The van der Waals surface area contributed by atoms with E-state index in [1.54, 1.807) is 16.8 Å². The average molecular weight is 606 g/mol. The normalized spacial score (nSPS) is 19.6. The Labute approximate surface area is 245 Å². The Kier molecular flexibility index (Phi) is 8.74. The fraction of sp³-hybridized carbons (Fsp3) is 0.448. The number of anilines is 2. The van der Waals surface area contributed by atoms with Crippen LogP contribution >= 0.6 is 11.6 Å². The zero-order valence-corrected chi connectivity index (χ0v) is 23.8. The van der Waals surface area contributed by atoms with Crippen molar-refractivity contribution in [3.8, 4) is 0 Å². The number of rotatable bonds is 7. The largest absolute Gasteiger partial charge is 0.423 e. The van der Waals surface area contributed by atoms with Crippen LogP contribution < -0.4 is 9.80 Å². The Balaban J connectivity index is 1.08. The Bertz CT molecular complexity index is 1460. The lowest BCUT2D eigenvalue weighted by molar-refractivity contribution is -0.388. The van der Waals surface area contributed by atoms with E-state index in [2.05, 4.69) is 4.90 Å². The number of hydrogen-bond acceptors (Lipinski definition) is 7. The van der Waals surface area contributed by atoms with E-state index in [0.29, 0.717) is 56.9 Å². The Morgan fingerprint density at radius 1 is 1.07 bits per heavy atom. The minimum atomic E-state index is -4.83. The second-order valence-electron chi connectivity index (χ2n) is 10.7. The van der Waals surface area contributed by atoms with E-state index >= 15 is 0 Å². The van der Waals surface area contributed by atoms with Crippen LogP contribution in [0.2, 0.25) is 5.02 Å². The number of amides is 1. The molecule has 1 aliphatic heterocycles. The summed E-state index contributed by atoms with van der Waals surface area (Å²) < 4.78 is 46.2. The van der Waals surface area contributed by atoms with Crippen molar-refractivity contribution in [2.24, 2.45) is 0 Å². The van der Waals surface area contributed by atoms with Gasteiger partial charge in [0.2, 0.25) is 5.91 Å². The summed E-state index contributed by atoms with van der Waals surface area (Å²) in [6.45, 7) is 2.43. The summed E-state index contributed by atoms with van der Waals surface area (Å²) in [4.78, 5) is 33.3. The van der Waals surface area contributed by atoms with Crippen molar-refractivity contribution in [1.29, 1.82) is 0 Å². The van der Waals surface area contributed by atoms with E-state index < -0.39 is 22.4 Å². The van der Waals surface area contributed by atoms with Gasteiger partial charge in [-0.2, -0.15) is 13.2 Å². The highest BCUT2D eigenvalue weighted by Crippen LogP contribution is 2.39. The van der Waals surface area contributed by atoms with Crippen molar-refractivity contribution in [2.45, 2.75) is 44.0 Å². The number of alkyl halides is 3. The second kappa shape index (κ2) is 12.3. The molecule has 0 atom stereocenters. The molecule has 1 saturated heterocycles. The summed E-state index contributed by atoms with van der Waals surface area (Å²) in [5.74, 6) is 0.791. The molecule has 0 bridgehead atoms. The third-order valence-electron chi connectivity index (χ3n) is 8.12. The molecule has 1 aliphatic carbocycles.